The standard InChI is InChI=1S/C16H14Cl2N2O2S/c1-9(23-14-8-11(17)4-7-13(14)18)16(22)20-12-5-2-10(3-6-12)15(19)21/h2-9H,1H3,(H2,19,21)(H,20,22)/t9-/m0/s1. The maximum Gasteiger partial charge on any atom is 0.248 e. The lowest BCUT2D eigenvalue weighted by Crippen LogP contribution is -2.22. The van der Waals surface area contributed by atoms with Gasteiger partial charge in [-0.05, 0) is 49.4 Å². The average Bonchev–Trinajstić information content (AvgIpc) is 2.51. The molecule has 0 aliphatic carbocycles. The molecule has 0 bridgehead atoms. The SMILES string of the molecule is C[C@H](Sc1cc(Cl)ccc1Cl)C(=O)Nc1ccc(C(N)=O)cc1. The predicted molar refractivity (Wildman–Crippen MR) is 95.4 cm³/mol. The van der Waals surface area contributed by atoms with Gasteiger partial charge in [0.2, 0.25) is 11.8 Å². The first-order valence-corrected chi connectivity index (χ1v) is 8.33. The van der Waals surface area contributed by atoms with Crippen molar-refractivity contribution in [1.29, 1.82) is 0 Å². The molecule has 0 aliphatic heterocycles. The summed E-state index contributed by atoms with van der Waals surface area (Å²) in [5, 5.41) is 3.51. The van der Waals surface area contributed by atoms with E-state index in [2.05, 4.69) is 5.32 Å². The van der Waals surface area contributed by atoms with Crippen LogP contribution in [0.5, 0.6) is 0 Å². The van der Waals surface area contributed by atoms with E-state index in [0.717, 1.165) is 4.90 Å². The molecule has 0 saturated heterocycles. The van der Waals surface area contributed by atoms with E-state index < -0.39 is 5.91 Å². The van der Waals surface area contributed by atoms with Gasteiger partial charge in [0.05, 0.1) is 10.3 Å². The maximum absolute atomic E-state index is 12.2. The lowest BCUT2D eigenvalue weighted by atomic mass is 10.2. The number of carbonyl (C=O) groups excluding carboxylic acids is 2. The number of nitrogens with one attached hydrogen (secondary N) is 1. The Morgan fingerprint density at radius 2 is 1.78 bits per heavy atom. The van der Waals surface area contributed by atoms with Crippen molar-refractivity contribution >= 4 is 52.5 Å². The van der Waals surface area contributed by atoms with E-state index in [-0.39, 0.29) is 11.2 Å². The maximum atomic E-state index is 12.2. The summed E-state index contributed by atoms with van der Waals surface area (Å²) in [5.74, 6) is -0.694. The molecule has 3 N–H and O–H groups in total. The van der Waals surface area contributed by atoms with Crippen LogP contribution < -0.4 is 11.1 Å². The molecule has 0 aromatic heterocycles. The van der Waals surface area contributed by atoms with Gasteiger partial charge in [0.1, 0.15) is 0 Å². The largest absolute Gasteiger partial charge is 0.366 e. The summed E-state index contributed by atoms with van der Waals surface area (Å²) in [6.07, 6.45) is 0. The number of primary amides is 1. The van der Waals surface area contributed by atoms with Crippen LogP contribution in [0.2, 0.25) is 10.0 Å². The van der Waals surface area contributed by atoms with Crippen LogP contribution in [-0.4, -0.2) is 17.1 Å². The van der Waals surface area contributed by atoms with Gasteiger partial charge in [0.15, 0.2) is 0 Å². The van der Waals surface area contributed by atoms with Gasteiger partial charge < -0.3 is 11.1 Å². The minimum atomic E-state index is -0.512. The van der Waals surface area contributed by atoms with Gasteiger partial charge in [0.25, 0.3) is 0 Å². The Balaban J connectivity index is 2.02. The summed E-state index contributed by atoms with van der Waals surface area (Å²) < 4.78 is 0. The van der Waals surface area contributed by atoms with Gasteiger partial charge in [-0.25, -0.2) is 0 Å². The fourth-order valence-corrected chi connectivity index (χ4v) is 3.18. The first-order valence-electron chi connectivity index (χ1n) is 6.69. The molecule has 0 radical (unpaired) electrons. The molecule has 120 valence electrons. The average molecular weight is 369 g/mol. The van der Waals surface area contributed by atoms with Crippen LogP contribution in [-0.2, 0) is 4.79 Å². The Labute approximate surface area is 148 Å². The third-order valence-electron chi connectivity index (χ3n) is 3.00. The minimum absolute atomic E-state index is 0.183. The van der Waals surface area contributed by atoms with Gasteiger partial charge in [-0.1, -0.05) is 23.2 Å². The van der Waals surface area contributed by atoms with Crippen LogP contribution in [0.3, 0.4) is 0 Å². The molecule has 0 saturated carbocycles. The van der Waals surface area contributed by atoms with Crippen LogP contribution in [0.15, 0.2) is 47.4 Å². The molecular weight excluding hydrogens is 355 g/mol. The van der Waals surface area contributed by atoms with E-state index in [9.17, 15) is 9.59 Å². The van der Waals surface area contributed by atoms with E-state index in [1.54, 1.807) is 49.4 Å². The normalized spacial score (nSPS) is 11.8. The van der Waals surface area contributed by atoms with Crippen LogP contribution in [0, 0.1) is 0 Å². The van der Waals surface area contributed by atoms with Crippen molar-refractivity contribution in [2.75, 3.05) is 5.32 Å². The number of rotatable bonds is 5. The zero-order valence-electron chi connectivity index (χ0n) is 12.2. The van der Waals surface area contributed by atoms with E-state index in [0.29, 0.717) is 21.3 Å². The highest BCUT2D eigenvalue weighted by Gasteiger charge is 2.16. The number of amides is 2. The lowest BCUT2D eigenvalue weighted by Gasteiger charge is -2.13. The molecule has 1 atom stereocenters. The number of thioether (sulfide) groups is 1. The second kappa shape index (κ2) is 7.73. The number of carbonyl (C=O) groups is 2. The molecule has 0 heterocycles. The molecule has 2 aromatic rings. The molecule has 23 heavy (non-hydrogen) atoms. The summed E-state index contributed by atoms with van der Waals surface area (Å²) in [6.45, 7) is 1.77. The van der Waals surface area contributed by atoms with E-state index >= 15 is 0 Å². The highest BCUT2D eigenvalue weighted by atomic mass is 35.5. The van der Waals surface area contributed by atoms with Crippen LogP contribution in [0.1, 0.15) is 17.3 Å². The van der Waals surface area contributed by atoms with Crippen molar-refractivity contribution in [3.8, 4) is 0 Å². The first kappa shape index (κ1) is 17.7. The Morgan fingerprint density at radius 3 is 2.39 bits per heavy atom. The van der Waals surface area contributed by atoms with Crippen LogP contribution >= 0.6 is 35.0 Å². The van der Waals surface area contributed by atoms with Crippen molar-refractivity contribution in [3.05, 3.63) is 58.1 Å². The molecule has 2 rings (SSSR count). The number of benzene rings is 2. The van der Waals surface area contributed by atoms with Gasteiger partial charge in [-0.2, -0.15) is 0 Å². The zero-order valence-corrected chi connectivity index (χ0v) is 14.5. The Kier molecular flexibility index (Phi) is 5.93. The summed E-state index contributed by atoms with van der Waals surface area (Å²) in [4.78, 5) is 24.0. The van der Waals surface area contributed by atoms with Gasteiger partial charge in [-0.3, -0.25) is 9.59 Å². The topological polar surface area (TPSA) is 72.2 Å². The second-order valence-corrected chi connectivity index (χ2v) is 6.99. The molecular formula is C16H14Cl2N2O2S. The highest BCUT2D eigenvalue weighted by molar-refractivity contribution is 8.00. The number of hydrogen-bond acceptors (Lipinski definition) is 3. The fourth-order valence-electron chi connectivity index (χ4n) is 1.77. The van der Waals surface area contributed by atoms with Crippen molar-refractivity contribution in [3.63, 3.8) is 0 Å². The highest BCUT2D eigenvalue weighted by Crippen LogP contribution is 2.33. The monoisotopic (exact) mass is 368 g/mol. The number of halogens is 2. The van der Waals surface area contributed by atoms with E-state index in [4.69, 9.17) is 28.9 Å². The number of nitrogens with two attached hydrogens (primary N) is 1. The van der Waals surface area contributed by atoms with Gasteiger partial charge in [-0.15, -0.1) is 11.8 Å². The summed E-state index contributed by atoms with van der Waals surface area (Å²) in [6, 6.07) is 11.5. The first-order chi connectivity index (χ1) is 10.9. The summed E-state index contributed by atoms with van der Waals surface area (Å²) >= 11 is 13.4. The molecule has 7 heteroatoms. The Morgan fingerprint density at radius 1 is 1.13 bits per heavy atom. The van der Waals surface area contributed by atoms with Crippen molar-refractivity contribution < 1.29 is 9.59 Å². The number of anilines is 1. The van der Waals surface area contributed by atoms with E-state index in [1.165, 1.54) is 11.8 Å². The van der Waals surface area contributed by atoms with Gasteiger partial charge >= 0.3 is 0 Å². The third kappa shape index (κ3) is 4.89. The molecule has 2 amide bonds. The molecule has 0 fully saturated rings. The second-order valence-electron chi connectivity index (χ2n) is 4.77. The fraction of sp³-hybridized carbons (Fsp3) is 0.125. The summed E-state index contributed by atoms with van der Waals surface area (Å²) in [7, 11) is 0. The third-order valence-corrected chi connectivity index (χ3v) is 4.84. The molecule has 0 aliphatic rings. The van der Waals surface area contributed by atoms with Crippen LogP contribution in [0.25, 0.3) is 0 Å². The summed E-state index contributed by atoms with van der Waals surface area (Å²) in [5.41, 5.74) is 6.15. The van der Waals surface area contributed by atoms with Crippen molar-refractivity contribution in [1.82, 2.24) is 0 Å². The quantitative estimate of drug-likeness (QED) is 0.776. The van der Waals surface area contributed by atoms with E-state index in [1.807, 2.05) is 0 Å². The van der Waals surface area contributed by atoms with Crippen molar-refractivity contribution in [2.45, 2.75) is 17.1 Å². The van der Waals surface area contributed by atoms with Crippen molar-refractivity contribution in [2.24, 2.45) is 5.73 Å². The predicted octanol–water partition coefficient (Wildman–Crippen LogP) is 4.21. The minimum Gasteiger partial charge on any atom is -0.366 e. The molecule has 2 aromatic carbocycles. The number of hydrogen-bond donors (Lipinski definition) is 2. The zero-order chi connectivity index (χ0) is 17.0. The molecule has 4 nitrogen and oxygen atoms in total. The Hall–Kier alpha value is -1.69. The Bertz CT molecular complexity index is 735. The lowest BCUT2D eigenvalue weighted by molar-refractivity contribution is -0.115. The smallest absolute Gasteiger partial charge is 0.248 e. The van der Waals surface area contributed by atoms with Crippen LogP contribution in [0.4, 0.5) is 5.69 Å². The van der Waals surface area contributed by atoms with Gasteiger partial charge in [0, 0.05) is 21.2 Å². The molecule has 0 spiro atoms. The molecule has 0 unspecified atom stereocenters.